The second kappa shape index (κ2) is 10.1. The number of carbonyl (C=O) groups is 2. The van der Waals surface area contributed by atoms with Crippen LogP contribution in [0.15, 0.2) is 41.6 Å². The highest BCUT2D eigenvalue weighted by atomic mass is 35.5. The molecule has 0 radical (unpaired) electrons. The van der Waals surface area contributed by atoms with Crippen LogP contribution in [0.5, 0.6) is 0 Å². The number of hydrogen-bond donors (Lipinski definition) is 1. The highest BCUT2D eigenvalue weighted by Gasteiger charge is 2.62. The van der Waals surface area contributed by atoms with E-state index in [0.29, 0.717) is 16.7 Å². The molecule has 1 amide bonds. The Morgan fingerprint density at radius 2 is 1.85 bits per heavy atom. The molecule has 178 valence electrons. The number of oxime groups is 1. The summed E-state index contributed by atoms with van der Waals surface area (Å²) in [6.45, 7) is 1.73. The third-order valence-electron chi connectivity index (χ3n) is 5.34. The first-order valence-electron chi connectivity index (χ1n) is 10.1. The van der Waals surface area contributed by atoms with Crippen molar-refractivity contribution < 1.29 is 27.6 Å². The Kier molecular flexibility index (Phi) is 7.59. The quantitative estimate of drug-likeness (QED) is 0.389. The molecule has 0 spiro atoms. The van der Waals surface area contributed by atoms with E-state index >= 15 is 0 Å². The molecule has 1 atom stereocenters. The minimum absolute atomic E-state index is 0.0292. The summed E-state index contributed by atoms with van der Waals surface area (Å²) in [6.07, 6.45) is -0.402. The number of rotatable bonds is 7. The van der Waals surface area contributed by atoms with Gasteiger partial charge >= 0.3 is 6.18 Å². The van der Waals surface area contributed by atoms with Gasteiger partial charge in [-0.15, -0.1) is 6.42 Å². The van der Waals surface area contributed by atoms with Gasteiger partial charge in [-0.1, -0.05) is 46.4 Å². The number of nitrogens with zero attached hydrogens (tertiary/aromatic N) is 1. The fraction of sp³-hybridized carbons (Fsp3) is 0.292. The number of halogens is 5. The number of terminal acetylenes is 1. The number of carbonyl (C=O) groups excluding carboxylic acids is 2. The smallest absolute Gasteiger partial charge is 0.374 e. The van der Waals surface area contributed by atoms with Gasteiger partial charge in [0.25, 0.3) is 5.60 Å². The Balaban J connectivity index is 1.81. The van der Waals surface area contributed by atoms with Crippen LogP contribution < -0.4 is 5.32 Å². The molecule has 0 bridgehead atoms. The first-order valence-corrected chi connectivity index (χ1v) is 10.8. The number of alkyl halides is 3. The topological polar surface area (TPSA) is 67.8 Å². The lowest BCUT2D eigenvalue weighted by Gasteiger charge is -2.29. The summed E-state index contributed by atoms with van der Waals surface area (Å²) in [4.78, 5) is 29.2. The van der Waals surface area contributed by atoms with Crippen molar-refractivity contribution in [3.05, 3.63) is 68.7 Å². The zero-order chi connectivity index (χ0) is 25.1. The second-order valence-corrected chi connectivity index (χ2v) is 8.60. The van der Waals surface area contributed by atoms with Crippen molar-refractivity contribution in [2.75, 3.05) is 6.54 Å². The summed E-state index contributed by atoms with van der Waals surface area (Å²) >= 11 is 11.8. The molecule has 1 aliphatic heterocycles. The molecule has 0 saturated carbocycles. The number of benzene rings is 2. The molecule has 0 saturated heterocycles. The molecule has 10 heteroatoms. The van der Waals surface area contributed by atoms with Gasteiger partial charge in [0.1, 0.15) is 0 Å². The molecule has 0 fully saturated rings. The Bertz CT molecular complexity index is 1180. The molecule has 2 aromatic rings. The molecule has 2 aromatic carbocycles. The fourth-order valence-electron chi connectivity index (χ4n) is 3.60. The van der Waals surface area contributed by atoms with Gasteiger partial charge in [0.05, 0.1) is 12.3 Å². The van der Waals surface area contributed by atoms with E-state index in [1.54, 1.807) is 13.0 Å². The van der Waals surface area contributed by atoms with E-state index in [4.69, 9.17) is 34.5 Å². The molecular formula is C24H19Cl2F3N2O3. The first-order chi connectivity index (χ1) is 16.0. The van der Waals surface area contributed by atoms with Crippen molar-refractivity contribution in [1.82, 2.24) is 5.32 Å². The number of aryl methyl sites for hydroxylation is 1. The van der Waals surface area contributed by atoms with Crippen LogP contribution in [0, 0.1) is 19.3 Å². The lowest BCUT2D eigenvalue weighted by atomic mass is 9.86. The third-order valence-corrected chi connectivity index (χ3v) is 5.78. The van der Waals surface area contributed by atoms with E-state index in [2.05, 4.69) is 16.4 Å². The highest BCUT2D eigenvalue weighted by Crippen LogP contribution is 2.49. The van der Waals surface area contributed by atoms with Crippen molar-refractivity contribution in [3.63, 3.8) is 0 Å². The summed E-state index contributed by atoms with van der Waals surface area (Å²) in [5.41, 5.74) is -1.68. The summed E-state index contributed by atoms with van der Waals surface area (Å²) in [6, 6.07) is 8.17. The predicted molar refractivity (Wildman–Crippen MR) is 123 cm³/mol. The molecule has 34 heavy (non-hydrogen) atoms. The van der Waals surface area contributed by atoms with Crippen molar-refractivity contribution in [2.24, 2.45) is 5.16 Å². The minimum atomic E-state index is -4.81. The average molecular weight is 511 g/mol. The summed E-state index contributed by atoms with van der Waals surface area (Å²) in [5, 5.41) is 6.27. The highest BCUT2D eigenvalue weighted by molar-refractivity contribution is 6.34. The molecular weight excluding hydrogens is 492 g/mol. The van der Waals surface area contributed by atoms with Crippen molar-refractivity contribution >= 4 is 40.6 Å². The number of nitrogens with one attached hydrogen (secondary N) is 1. The number of hydrogen-bond acceptors (Lipinski definition) is 4. The molecule has 1 unspecified atom stereocenters. The number of amides is 1. The number of Topliss-reactive ketones (excluding diaryl/α,β-unsaturated/α-hetero) is 1. The molecule has 5 nitrogen and oxygen atoms in total. The van der Waals surface area contributed by atoms with Crippen LogP contribution >= 0.6 is 23.2 Å². The van der Waals surface area contributed by atoms with E-state index < -0.39 is 18.2 Å². The van der Waals surface area contributed by atoms with Crippen molar-refractivity contribution in [2.45, 2.75) is 38.0 Å². The Labute approximate surface area is 204 Å². The standard InChI is InChI=1S/C24H19Cl2F3N2O3/c1-3-8-30-22(33)7-6-21(32)19-5-4-15(9-14(19)2)20-13-23(34-31-20,24(27,28)29)16-10-17(25)12-18(26)11-16/h1,4-5,9-12H,6-8,13H2,2H3,(H,30,33). The molecule has 0 aliphatic carbocycles. The summed E-state index contributed by atoms with van der Waals surface area (Å²) in [7, 11) is 0. The molecule has 0 aromatic heterocycles. The Hall–Kier alpha value is -3.02. The van der Waals surface area contributed by atoms with Crippen LogP contribution in [0.2, 0.25) is 10.0 Å². The van der Waals surface area contributed by atoms with Gasteiger partial charge in [-0.2, -0.15) is 13.2 Å². The lowest BCUT2D eigenvalue weighted by molar-refractivity contribution is -0.275. The van der Waals surface area contributed by atoms with E-state index in [1.165, 1.54) is 18.2 Å². The molecule has 1 heterocycles. The largest absolute Gasteiger partial charge is 0.435 e. The van der Waals surface area contributed by atoms with Crippen LogP contribution in [0.4, 0.5) is 13.2 Å². The van der Waals surface area contributed by atoms with Gasteiger partial charge in [0, 0.05) is 40.4 Å². The van der Waals surface area contributed by atoms with E-state index in [-0.39, 0.29) is 52.4 Å². The molecule has 1 N–H and O–H groups in total. The lowest BCUT2D eigenvalue weighted by Crippen LogP contribution is -2.42. The minimum Gasteiger partial charge on any atom is -0.374 e. The second-order valence-electron chi connectivity index (χ2n) is 7.72. The van der Waals surface area contributed by atoms with Crippen LogP contribution in [0.1, 0.15) is 46.3 Å². The van der Waals surface area contributed by atoms with E-state index in [1.807, 2.05) is 0 Å². The molecule has 3 rings (SSSR count). The Morgan fingerprint density at radius 3 is 2.44 bits per heavy atom. The zero-order valence-electron chi connectivity index (χ0n) is 17.9. The van der Waals surface area contributed by atoms with Gasteiger partial charge in [-0.25, -0.2) is 0 Å². The van der Waals surface area contributed by atoms with Gasteiger partial charge < -0.3 is 10.2 Å². The van der Waals surface area contributed by atoms with E-state index in [9.17, 15) is 22.8 Å². The van der Waals surface area contributed by atoms with Crippen molar-refractivity contribution in [1.29, 1.82) is 0 Å². The Morgan fingerprint density at radius 1 is 1.18 bits per heavy atom. The predicted octanol–water partition coefficient (Wildman–Crippen LogP) is 5.60. The van der Waals surface area contributed by atoms with Crippen LogP contribution in [-0.4, -0.2) is 30.1 Å². The van der Waals surface area contributed by atoms with Crippen molar-refractivity contribution in [3.8, 4) is 12.3 Å². The summed E-state index contributed by atoms with van der Waals surface area (Å²) in [5.74, 6) is 1.65. The summed E-state index contributed by atoms with van der Waals surface area (Å²) < 4.78 is 42.5. The monoisotopic (exact) mass is 510 g/mol. The maximum atomic E-state index is 14.2. The molecule has 1 aliphatic rings. The maximum Gasteiger partial charge on any atom is 0.435 e. The fourth-order valence-corrected chi connectivity index (χ4v) is 4.13. The number of ketones is 1. The van der Waals surface area contributed by atoms with Gasteiger partial charge in [0.15, 0.2) is 5.78 Å². The average Bonchev–Trinajstić information content (AvgIpc) is 3.22. The van der Waals surface area contributed by atoms with Crippen LogP contribution in [-0.2, 0) is 15.2 Å². The third kappa shape index (κ3) is 5.37. The van der Waals surface area contributed by atoms with E-state index in [0.717, 1.165) is 12.1 Å². The van der Waals surface area contributed by atoms with Crippen LogP contribution in [0.3, 0.4) is 0 Å². The van der Waals surface area contributed by atoms with Gasteiger partial charge in [0.2, 0.25) is 5.91 Å². The zero-order valence-corrected chi connectivity index (χ0v) is 19.4. The normalized spacial score (nSPS) is 17.5. The maximum absolute atomic E-state index is 14.2. The van der Waals surface area contributed by atoms with Gasteiger partial charge in [-0.05, 0) is 42.3 Å². The van der Waals surface area contributed by atoms with Crippen LogP contribution in [0.25, 0.3) is 0 Å². The van der Waals surface area contributed by atoms with Gasteiger partial charge in [-0.3, -0.25) is 9.59 Å². The SMILES string of the molecule is C#CCNC(=O)CCC(=O)c1ccc(C2=NOC(c3cc(Cl)cc(Cl)c3)(C(F)(F)F)C2)cc1C. The first kappa shape index (κ1) is 25.6.